The van der Waals surface area contributed by atoms with Crippen molar-refractivity contribution in [3.63, 3.8) is 0 Å². The molecule has 8 N–H and O–H groups in total. The van der Waals surface area contributed by atoms with Crippen molar-refractivity contribution in [3.8, 4) is 11.5 Å². The number of hydrogen-bond acceptors (Lipinski definition) is 15. The van der Waals surface area contributed by atoms with Gasteiger partial charge in [-0.3, -0.25) is 29.4 Å². The summed E-state index contributed by atoms with van der Waals surface area (Å²) in [5, 5.41) is 80.9. The quantitative estimate of drug-likeness (QED) is 0.117. The Hall–Kier alpha value is -3.84. The molecule has 0 spiro atoms. The van der Waals surface area contributed by atoms with Gasteiger partial charge in [0.15, 0.2) is 17.8 Å². The normalized spacial score (nSPS) is 38.0. The van der Waals surface area contributed by atoms with Crippen molar-refractivity contribution in [2.24, 2.45) is 11.7 Å². The number of nitrogens with zero attached hydrogens (tertiary/aromatic N) is 2. The minimum atomic E-state index is -3.45. The Bertz CT molecular complexity index is 1730. The Morgan fingerprint density at radius 3 is 2.31 bits per heavy atom. The van der Waals surface area contributed by atoms with Crippen LogP contribution in [-0.4, -0.2) is 120 Å². The first-order chi connectivity index (χ1) is 22.1. The van der Waals surface area contributed by atoms with Crippen LogP contribution in [0, 0.1) is 16.0 Å². The standard InChI is InChI=1S/C30H36ClN3O14/c1-10-23(38)27(2,34(44)45)9-14(47-10)48-28(3)11-8-29(42)22(33(4)5)21(37)17(26(32)41)25(40)30(29,43)24(39)15(11)20(36)16-12(35)7-13(46-6)19(31)18(16)28/h7,10-11,14,22-23,35-36,38,40,42-43H,8-9H2,1-6H3,(H2,32,41)/t10-,11-,14-,22+,23-,27-,28+,29+,30-/m0/s1. The highest BCUT2D eigenvalue weighted by Crippen LogP contribution is 2.62. The molecular weight excluding hydrogens is 662 g/mol. The fraction of sp³-hybridized carbons (Fsp3) is 0.567. The third kappa shape index (κ3) is 4.35. The lowest BCUT2D eigenvalue weighted by Crippen LogP contribution is -2.77. The summed E-state index contributed by atoms with van der Waals surface area (Å²) >= 11 is 6.77. The van der Waals surface area contributed by atoms with E-state index in [1.54, 1.807) is 0 Å². The SMILES string of the molecule is COc1cc(O)c2c(c1Cl)[C@](C)(O[C@H]1C[C@](C)([N+](=O)[O-])[C@@H](O)[C@H](C)O1)[C@H]1C[C@@]3(O)[C@H](N(C)C)C(=O)C(C(N)=O)=C(O)[C@@]3(O)C(=O)C1=C2O. The molecule has 3 aliphatic carbocycles. The molecule has 0 unspecified atom stereocenters. The van der Waals surface area contributed by atoms with E-state index < -0.39 is 122 Å². The number of rotatable bonds is 6. The summed E-state index contributed by atoms with van der Waals surface area (Å²) in [6.07, 6.45) is -5.73. The fourth-order valence-corrected chi connectivity index (χ4v) is 8.22. The van der Waals surface area contributed by atoms with Gasteiger partial charge in [-0.05, 0) is 34.4 Å². The fourth-order valence-electron chi connectivity index (χ4n) is 7.80. The molecule has 1 saturated carbocycles. The molecule has 0 aromatic heterocycles. The predicted molar refractivity (Wildman–Crippen MR) is 162 cm³/mol. The molecule has 4 aliphatic rings. The van der Waals surface area contributed by atoms with Crippen molar-refractivity contribution in [2.45, 2.75) is 80.5 Å². The molecule has 1 heterocycles. The highest BCUT2D eigenvalue weighted by molar-refractivity contribution is 6.33. The Morgan fingerprint density at radius 2 is 1.79 bits per heavy atom. The first kappa shape index (κ1) is 35.5. The number of methoxy groups -OCH3 is 1. The second-order valence-electron chi connectivity index (χ2n) is 13.2. The van der Waals surface area contributed by atoms with Crippen molar-refractivity contribution in [2.75, 3.05) is 21.2 Å². The number of nitro groups is 1. The zero-order valence-electron chi connectivity index (χ0n) is 26.7. The van der Waals surface area contributed by atoms with E-state index in [1.807, 2.05) is 0 Å². The van der Waals surface area contributed by atoms with E-state index in [2.05, 4.69) is 0 Å². The minimum Gasteiger partial charge on any atom is -0.508 e. The summed E-state index contributed by atoms with van der Waals surface area (Å²) in [4.78, 5) is 53.0. The average molecular weight is 698 g/mol. The second kappa shape index (κ2) is 11.1. The Morgan fingerprint density at radius 1 is 1.19 bits per heavy atom. The van der Waals surface area contributed by atoms with Gasteiger partial charge >= 0.3 is 0 Å². The number of aliphatic hydroxyl groups is 5. The molecule has 9 atom stereocenters. The molecule has 5 rings (SSSR count). The van der Waals surface area contributed by atoms with E-state index in [-0.39, 0.29) is 16.3 Å². The molecule has 1 saturated heterocycles. The van der Waals surface area contributed by atoms with Crippen molar-refractivity contribution < 1.29 is 64.2 Å². The summed E-state index contributed by atoms with van der Waals surface area (Å²) in [6.45, 7) is 3.86. The number of aliphatic hydroxyl groups excluding tert-OH is 3. The molecule has 0 radical (unpaired) electrons. The van der Waals surface area contributed by atoms with Gasteiger partial charge in [0.2, 0.25) is 11.4 Å². The number of phenolic OH excluding ortho intramolecular Hbond substituents is 1. The van der Waals surface area contributed by atoms with E-state index >= 15 is 0 Å². The number of fused-ring (bicyclic) bond motifs is 3. The van der Waals surface area contributed by atoms with Crippen molar-refractivity contribution in [1.82, 2.24) is 4.90 Å². The lowest BCUT2D eigenvalue weighted by atomic mass is 9.52. The zero-order chi connectivity index (χ0) is 36.2. The Kier molecular flexibility index (Phi) is 8.20. The van der Waals surface area contributed by atoms with Crippen LogP contribution in [0.2, 0.25) is 5.02 Å². The highest BCUT2D eigenvalue weighted by atomic mass is 35.5. The molecule has 262 valence electrons. The minimum absolute atomic E-state index is 0.134. The van der Waals surface area contributed by atoms with Crippen LogP contribution in [0.5, 0.6) is 11.5 Å². The average Bonchev–Trinajstić information content (AvgIpc) is 2.97. The lowest BCUT2D eigenvalue weighted by Gasteiger charge is -2.58. The molecule has 48 heavy (non-hydrogen) atoms. The van der Waals surface area contributed by atoms with Crippen LogP contribution in [0.1, 0.15) is 44.7 Å². The number of carbonyl (C=O) groups is 3. The molecule has 1 aromatic rings. The zero-order valence-corrected chi connectivity index (χ0v) is 27.4. The number of benzene rings is 1. The summed E-state index contributed by atoms with van der Waals surface area (Å²) < 4.78 is 17.6. The number of aromatic hydroxyl groups is 1. The van der Waals surface area contributed by atoms with Crippen molar-refractivity contribution >= 4 is 34.8 Å². The largest absolute Gasteiger partial charge is 0.508 e. The molecule has 18 heteroatoms. The number of ketones is 2. The summed E-state index contributed by atoms with van der Waals surface area (Å²) in [5.74, 6) is -9.27. The number of Topliss-reactive ketones (excluding diaryl/α,β-unsaturated/α-hetero) is 2. The predicted octanol–water partition coefficient (Wildman–Crippen LogP) is -0.0386. The van der Waals surface area contributed by atoms with Crippen LogP contribution >= 0.6 is 11.6 Å². The molecule has 1 aromatic carbocycles. The van der Waals surface area contributed by atoms with Gasteiger partial charge in [0.05, 0.1) is 30.2 Å². The van der Waals surface area contributed by atoms with E-state index in [1.165, 1.54) is 42.0 Å². The van der Waals surface area contributed by atoms with Gasteiger partial charge in [0.1, 0.15) is 46.2 Å². The number of nitrogens with two attached hydrogens (primary N) is 1. The van der Waals surface area contributed by atoms with E-state index in [9.17, 15) is 55.1 Å². The summed E-state index contributed by atoms with van der Waals surface area (Å²) in [6, 6.07) is -0.882. The number of ether oxygens (including phenoxy) is 3. The van der Waals surface area contributed by atoms with E-state index in [4.69, 9.17) is 31.5 Å². The van der Waals surface area contributed by atoms with Crippen LogP contribution in [0.3, 0.4) is 0 Å². The van der Waals surface area contributed by atoms with Crippen molar-refractivity contribution in [1.29, 1.82) is 0 Å². The number of primary amides is 1. The molecule has 0 bridgehead atoms. The first-order valence-corrected chi connectivity index (χ1v) is 15.1. The maximum Gasteiger partial charge on any atom is 0.255 e. The van der Waals surface area contributed by atoms with E-state index in [0.717, 1.165) is 11.0 Å². The smallest absolute Gasteiger partial charge is 0.255 e. The van der Waals surface area contributed by atoms with Gasteiger partial charge in [-0.2, -0.15) is 0 Å². The Labute approximate surface area is 277 Å². The van der Waals surface area contributed by atoms with Gasteiger partial charge in [0, 0.05) is 35.0 Å². The number of amides is 1. The number of likely N-dealkylation sites (N-methyl/N-ethyl adjacent to an activating group) is 1. The molecular formula is C30H36ClN3O14. The highest BCUT2D eigenvalue weighted by Gasteiger charge is 2.75. The third-order valence-corrected chi connectivity index (χ3v) is 10.6. The molecule has 2 fully saturated rings. The first-order valence-electron chi connectivity index (χ1n) is 14.7. The van der Waals surface area contributed by atoms with Gasteiger partial charge in [-0.25, -0.2) is 0 Å². The van der Waals surface area contributed by atoms with Gasteiger partial charge in [-0.1, -0.05) is 11.6 Å². The van der Waals surface area contributed by atoms with Gasteiger partial charge < -0.3 is 50.6 Å². The van der Waals surface area contributed by atoms with Crippen LogP contribution in [-0.2, 0) is 29.5 Å². The molecule has 1 aliphatic heterocycles. The maximum atomic E-state index is 14.5. The number of carbonyl (C=O) groups excluding carboxylic acids is 3. The maximum absolute atomic E-state index is 14.5. The van der Waals surface area contributed by atoms with Crippen LogP contribution < -0.4 is 10.5 Å². The summed E-state index contributed by atoms with van der Waals surface area (Å²) in [5.41, 5.74) is -7.77. The molecule has 1 amide bonds. The number of phenols is 1. The van der Waals surface area contributed by atoms with Crippen LogP contribution in [0.4, 0.5) is 0 Å². The van der Waals surface area contributed by atoms with E-state index in [0.29, 0.717) is 0 Å². The molecule has 17 nitrogen and oxygen atoms in total. The van der Waals surface area contributed by atoms with Gasteiger partial charge in [0.25, 0.3) is 11.4 Å². The second-order valence-corrected chi connectivity index (χ2v) is 13.6. The van der Waals surface area contributed by atoms with Crippen LogP contribution in [0.25, 0.3) is 5.76 Å². The Balaban J connectivity index is 1.83. The monoisotopic (exact) mass is 697 g/mol. The topological polar surface area (TPSA) is 273 Å². The van der Waals surface area contributed by atoms with Crippen LogP contribution in [0.15, 0.2) is 23.0 Å². The lowest BCUT2D eigenvalue weighted by molar-refractivity contribution is -0.595. The summed E-state index contributed by atoms with van der Waals surface area (Å²) in [7, 11) is 3.81. The third-order valence-electron chi connectivity index (χ3n) is 10.3. The van der Waals surface area contributed by atoms with Crippen molar-refractivity contribution in [3.05, 3.63) is 49.2 Å². The number of hydrogen-bond donors (Lipinski definition) is 7. The van der Waals surface area contributed by atoms with Gasteiger partial charge in [-0.15, -0.1) is 0 Å². The number of halogens is 1.